The van der Waals surface area contributed by atoms with Crippen LogP contribution < -0.4 is 15.4 Å². The van der Waals surface area contributed by atoms with Crippen molar-refractivity contribution >= 4 is 11.8 Å². The lowest BCUT2D eigenvalue weighted by atomic mass is 9.99. The zero-order valence-electron chi connectivity index (χ0n) is 15.1. The van der Waals surface area contributed by atoms with Crippen molar-refractivity contribution in [2.24, 2.45) is 0 Å². The number of para-hydroxylation sites is 1. The normalized spacial score (nSPS) is 16.8. The number of amides is 2. The van der Waals surface area contributed by atoms with E-state index in [9.17, 15) is 9.59 Å². The highest BCUT2D eigenvalue weighted by atomic mass is 16.5. The molecule has 2 atom stereocenters. The molecule has 5 nitrogen and oxygen atoms in total. The first-order valence-electron chi connectivity index (χ1n) is 8.87. The maximum atomic E-state index is 12.7. The predicted molar refractivity (Wildman–Crippen MR) is 99.8 cm³/mol. The number of rotatable bonds is 5. The lowest BCUT2D eigenvalue weighted by Gasteiger charge is -2.27. The molecule has 0 spiro atoms. The SMILES string of the molecule is CC(=O)NC(CC(=O)NC1CCOc2ccccc21)c1ccc(C)cc1. The number of carbonyl (C=O) groups excluding carboxylic acids is 2. The summed E-state index contributed by atoms with van der Waals surface area (Å²) in [5.41, 5.74) is 3.06. The van der Waals surface area contributed by atoms with E-state index in [4.69, 9.17) is 4.74 Å². The van der Waals surface area contributed by atoms with Crippen molar-refractivity contribution in [3.05, 3.63) is 65.2 Å². The minimum absolute atomic E-state index is 0.0663. The first kappa shape index (κ1) is 18.0. The molecule has 0 saturated heterocycles. The molecule has 136 valence electrons. The van der Waals surface area contributed by atoms with Crippen LogP contribution in [-0.2, 0) is 9.59 Å². The van der Waals surface area contributed by atoms with Crippen LogP contribution in [0.4, 0.5) is 0 Å². The highest BCUT2D eigenvalue weighted by Gasteiger charge is 2.24. The molecule has 0 saturated carbocycles. The fourth-order valence-corrected chi connectivity index (χ4v) is 3.23. The maximum Gasteiger partial charge on any atom is 0.222 e. The molecule has 1 aliphatic heterocycles. The molecule has 1 heterocycles. The fourth-order valence-electron chi connectivity index (χ4n) is 3.23. The molecule has 26 heavy (non-hydrogen) atoms. The number of fused-ring (bicyclic) bond motifs is 1. The molecular weight excluding hydrogens is 328 g/mol. The van der Waals surface area contributed by atoms with E-state index in [1.807, 2.05) is 55.5 Å². The summed E-state index contributed by atoms with van der Waals surface area (Å²) in [6.07, 6.45) is 0.931. The van der Waals surface area contributed by atoms with Crippen LogP contribution in [0.2, 0.25) is 0 Å². The second kappa shape index (κ2) is 8.04. The molecule has 5 heteroatoms. The molecule has 0 radical (unpaired) electrons. The summed E-state index contributed by atoms with van der Waals surface area (Å²) in [6.45, 7) is 4.05. The quantitative estimate of drug-likeness (QED) is 0.868. The van der Waals surface area contributed by atoms with Crippen molar-refractivity contribution in [1.82, 2.24) is 10.6 Å². The standard InChI is InChI=1S/C21H24N2O3/c1-14-7-9-16(10-8-14)19(22-15(2)24)13-21(25)23-18-11-12-26-20-6-4-3-5-17(18)20/h3-10,18-19H,11-13H2,1-2H3,(H,22,24)(H,23,25). The molecule has 2 N–H and O–H groups in total. The van der Waals surface area contributed by atoms with Gasteiger partial charge in [-0.15, -0.1) is 0 Å². The summed E-state index contributed by atoms with van der Waals surface area (Å²) in [6, 6.07) is 15.2. The molecule has 2 unspecified atom stereocenters. The Labute approximate surface area is 153 Å². The van der Waals surface area contributed by atoms with Crippen LogP contribution in [0.25, 0.3) is 0 Å². The molecule has 0 aromatic heterocycles. The van der Waals surface area contributed by atoms with Gasteiger partial charge in [-0.05, 0) is 18.6 Å². The van der Waals surface area contributed by atoms with Gasteiger partial charge in [-0.25, -0.2) is 0 Å². The molecule has 3 rings (SSSR count). The van der Waals surface area contributed by atoms with Crippen molar-refractivity contribution in [2.75, 3.05) is 6.61 Å². The van der Waals surface area contributed by atoms with Crippen molar-refractivity contribution in [3.63, 3.8) is 0 Å². The topological polar surface area (TPSA) is 67.4 Å². The molecule has 2 aromatic carbocycles. The minimum atomic E-state index is -0.344. The van der Waals surface area contributed by atoms with E-state index < -0.39 is 0 Å². The van der Waals surface area contributed by atoms with Gasteiger partial charge in [0.15, 0.2) is 0 Å². The summed E-state index contributed by atoms with van der Waals surface area (Å²) in [4.78, 5) is 24.2. The van der Waals surface area contributed by atoms with Gasteiger partial charge in [0.25, 0.3) is 0 Å². The third-order valence-electron chi connectivity index (χ3n) is 4.54. The van der Waals surface area contributed by atoms with E-state index in [2.05, 4.69) is 10.6 Å². The lowest BCUT2D eigenvalue weighted by molar-refractivity contribution is -0.123. The Morgan fingerprint density at radius 1 is 1.15 bits per heavy atom. The van der Waals surface area contributed by atoms with Gasteiger partial charge in [-0.3, -0.25) is 9.59 Å². The molecule has 0 fully saturated rings. The van der Waals surface area contributed by atoms with Gasteiger partial charge in [0, 0.05) is 18.9 Å². The van der Waals surface area contributed by atoms with Crippen molar-refractivity contribution < 1.29 is 14.3 Å². The van der Waals surface area contributed by atoms with Gasteiger partial charge in [-0.1, -0.05) is 48.0 Å². The predicted octanol–water partition coefficient (Wildman–Crippen LogP) is 3.20. The highest BCUT2D eigenvalue weighted by molar-refractivity contribution is 5.79. The van der Waals surface area contributed by atoms with Gasteiger partial charge < -0.3 is 15.4 Å². The number of benzene rings is 2. The van der Waals surface area contributed by atoms with Gasteiger partial charge in [0.2, 0.25) is 11.8 Å². The van der Waals surface area contributed by atoms with E-state index in [0.29, 0.717) is 6.61 Å². The smallest absolute Gasteiger partial charge is 0.222 e. The number of ether oxygens (including phenoxy) is 1. The summed E-state index contributed by atoms with van der Waals surface area (Å²) < 4.78 is 5.64. The Kier molecular flexibility index (Phi) is 5.56. The lowest BCUT2D eigenvalue weighted by Crippen LogP contribution is -2.36. The Morgan fingerprint density at radius 2 is 1.88 bits per heavy atom. The van der Waals surface area contributed by atoms with Gasteiger partial charge in [0.1, 0.15) is 5.75 Å². The van der Waals surface area contributed by atoms with Crippen LogP contribution in [0, 0.1) is 6.92 Å². The number of aryl methyl sites for hydroxylation is 1. The molecule has 2 aromatic rings. The van der Waals surface area contributed by atoms with Crippen LogP contribution >= 0.6 is 0 Å². The highest BCUT2D eigenvalue weighted by Crippen LogP contribution is 2.31. The molecule has 0 aliphatic carbocycles. The maximum absolute atomic E-state index is 12.7. The largest absolute Gasteiger partial charge is 0.493 e. The third kappa shape index (κ3) is 4.42. The zero-order valence-corrected chi connectivity index (χ0v) is 15.1. The molecule has 0 bridgehead atoms. The second-order valence-electron chi connectivity index (χ2n) is 6.66. The van der Waals surface area contributed by atoms with E-state index in [1.165, 1.54) is 6.92 Å². The van der Waals surface area contributed by atoms with Crippen LogP contribution in [0.3, 0.4) is 0 Å². The summed E-state index contributed by atoms with van der Waals surface area (Å²) >= 11 is 0. The fraction of sp³-hybridized carbons (Fsp3) is 0.333. The first-order chi connectivity index (χ1) is 12.5. The zero-order chi connectivity index (χ0) is 18.5. The number of carbonyl (C=O) groups is 2. The average Bonchev–Trinajstić information content (AvgIpc) is 2.62. The molecule has 1 aliphatic rings. The van der Waals surface area contributed by atoms with Crippen molar-refractivity contribution in [2.45, 2.75) is 38.8 Å². The Morgan fingerprint density at radius 3 is 2.62 bits per heavy atom. The molecular formula is C21H24N2O3. The number of hydrogen-bond donors (Lipinski definition) is 2. The van der Waals surface area contributed by atoms with Crippen molar-refractivity contribution in [1.29, 1.82) is 0 Å². The van der Waals surface area contributed by atoms with Crippen molar-refractivity contribution in [3.8, 4) is 5.75 Å². The summed E-state index contributed by atoms with van der Waals surface area (Å²) in [5.74, 6) is 0.576. The minimum Gasteiger partial charge on any atom is -0.493 e. The van der Waals surface area contributed by atoms with Crippen LogP contribution in [0.1, 0.15) is 48.5 Å². The first-order valence-corrected chi connectivity index (χ1v) is 8.87. The Hall–Kier alpha value is -2.82. The van der Waals surface area contributed by atoms with Gasteiger partial charge >= 0.3 is 0 Å². The average molecular weight is 352 g/mol. The van der Waals surface area contributed by atoms with Gasteiger partial charge in [0.05, 0.1) is 25.1 Å². The second-order valence-corrected chi connectivity index (χ2v) is 6.66. The van der Waals surface area contributed by atoms with E-state index in [-0.39, 0.29) is 30.3 Å². The van der Waals surface area contributed by atoms with E-state index in [0.717, 1.165) is 28.9 Å². The summed E-state index contributed by atoms with van der Waals surface area (Å²) in [7, 11) is 0. The number of hydrogen-bond acceptors (Lipinski definition) is 3. The van der Waals surface area contributed by atoms with E-state index >= 15 is 0 Å². The van der Waals surface area contributed by atoms with Crippen LogP contribution in [0.15, 0.2) is 48.5 Å². The Bertz CT molecular complexity index is 786. The number of nitrogens with one attached hydrogen (secondary N) is 2. The third-order valence-corrected chi connectivity index (χ3v) is 4.54. The summed E-state index contributed by atoms with van der Waals surface area (Å²) in [5, 5.41) is 5.97. The monoisotopic (exact) mass is 352 g/mol. The van der Waals surface area contributed by atoms with E-state index in [1.54, 1.807) is 0 Å². The Balaban J connectivity index is 1.70. The molecule has 2 amide bonds. The van der Waals surface area contributed by atoms with Gasteiger partial charge in [-0.2, -0.15) is 0 Å². The van der Waals surface area contributed by atoms with Crippen LogP contribution in [-0.4, -0.2) is 18.4 Å². The van der Waals surface area contributed by atoms with Crippen LogP contribution in [0.5, 0.6) is 5.75 Å².